The Labute approximate surface area is 173 Å². The van der Waals surface area contributed by atoms with E-state index in [0.29, 0.717) is 5.69 Å². The van der Waals surface area contributed by atoms with Gasteiger partial charge in [0.05, 0.1) is 21.2 Å². The van der Waals surface area contributed by atoms with Crippen molar-refractivity contribution in [3.8, 4) is 0 Å². The lowest BCUT2D eigenvalue weighted by atomic mass is 10.3. The summed E-state index contributed by atoms with van der Waals surface area (Å²) in [5, 5.41) is 0. The fourth-order valence-corrected chi connectivity index (χ4v) is 5.04. The highest BCUT2D eigenvalue weighted by Gasteiger charge is 2.22. The molecule has 0 aliphatic heterocycles. The molecule has 0 aromatic heterocycles. The van der Waals surface area contributed by atoms with Crippen LogP contribution in [-0.2, 0) is 20.0 Å². The van der Waals surface area contributed by atoms with E-state index in [0.717, 1.165) is 8.78 Å². The van der Waals surface area contributed by atoms with Gasteiger partial charge < -0.3 is 0 Å². The molecule has 28 heavy (non-hydrogen) atoms. The maximum atomic E-state index is 12.9. The second-order valence-electron chi connectivity index (χ2n) is 5.90. The fraction of sp³-hybridized carbons (Fsp3) is 0.0526. The normalized spacial score (nSPS) is 11.8. The topological polar surface area (TPSA) is 83.6 Å². The summed E-state index contributed by atoms with van der Waals surface area (Å²) in [5.74, 6) is 0. The summed E-state index contributed by atoms with van der Waals surface area (Å²) in [6.45, 7) is 0. The molecule has 0 atom stereocenters. The molecule has 0 aliphatic rings. The second kappa shape index (κ2) is 7.94. The van der Waals surface area contributed by atoms with Gasteiger partial charge in [-0.05, 0) is 54.6 Å². The van der Waals surface area contributed by atoms with Crippen LogP contribution >= 0.6 is 15.9 Å². The van der Waals surface area contributed by atoms with E-state index in [-0.39, 0.29) is 15.5 Å². The Kier molecular flexibility index (Phi) is 5.78. The van der Waals surface area contributed by atoms with Crippen LogP contribution in [0.1, 0.15) is 0 Å². The third-order valence-electron chi connectivity index (χ3n) is 3.99. The van der Waals surface area contributed by atoms with E-state index in [4.69, 9.17) is 0 Å². The van der Waals surface area contributed by atoms with Crippen LogP contribution in [0.5, 0.6) is 0 Å². The first-order valence-electron chi connectivity index (χ1n) is 8.12. The van der Waals surface area contributed by atoms with E-state index in [1.807, 2.05) is 0 Å². The van der Waals surface area contributed by atoms with Gasteiger partial charge in [-0.3, -0.25) is 9.03 Å². The molecule has 0 fully saturated rings. The van der Waals surface area contributed by atoms with Gasteiger partial charge in [0.25, 0.3) is 20.0 Å². The quantitative estimate of drug-likeness (QED) is 0.575. The van der Waals surface area contributed by atoms with Crippen molar-refractivity contribution in [1.82, 2.24) is 0 Å². The molecule has 0 bridgehead atoms. The zero-order chi connectivity index (χ0) is 20.4. The highest BCUT2D eigenvalue weighted by atomic mass is 79.9. The Morgan fingerprint density at radius 3 is 2.07 bits per heavy atom. The maximum absolute atomic E-state index is 12.9. The van der Waals surface area contributed by atoms with Gasteiger partial charge in [0.15, 0.2) is 0 Å². The average Bonchev–Trinajstić information content (AvgIpc) is 2.68. The lowest BCUT2D eigenvalue weighted by Gasteiger charge is -2.20. The molecule has 0 unspecified atom stereocenters. The number of benzene rings is 3. The molecule has 9 heteroatoms. The second-order valence-corrected chi connectivity index (χ2v) is 10.5. The molecule has 3 aromatic carbocycles. The number of sulfonamides is 2. The van der Waals surface area contributed by atoms with Crippen molar-refractivity contribution in [1.29, 1.82) is 0 Å². The van der Waals surface area contributed by atoms with Crippen molar-refractivity contribution in [2.45, 2.75) is 9.79 Å². The van der Waals surface area contributed by atoms with Gasteiger partial charge in [0, 0.05) is 11.5 Å². The first kappa shape index (κ1) is 20.4. The Morgan fingerprint density at radius 1 is 0.786 bits per heavy atom. The molecule has 0 aliphatic carbocycles. The summed E-state index contributed by atoms with van der Waals surface area (Å²) in [6.07, 6.45) is 0. The molecule has 1 N–H and O–H groups in total. The molecule has 0 radical (unpaired) electrons. The third kappa shape index (κ3) is 4.37. The van der Waals surface area contributed by atoms with E-state index in [1.54, 1.807) is 42.5 Å². The third-order valence-corrected chi connectivity index (χ3v) is 7.70. The predicted molar refractivity (Wildman–Crippen MR) is 113 cm³/mol. The van der Waals surface area contributed by atoms with E-state index in [2.05, 4.69) is 20.7 Å². The molecule has 0 heterocycles. The lowest BCUT2D eigenvalue weighted by molar-refractivity contribution is 0.593. The standard InChI is InChI=1S/C19H17BrN2O4S2/c1-22(17-7-3-2-4-8-17)28(25,26)19-9-5-6-16(14-19)21-27(23,24)18-12-10-15(20)11-13-18/h2-14,21H,1H3. The number of halogens is 1. The van der Waals surface area contributed by atoms with E-state index < -0.39 is 20.0 Å². The molecule has 6 nitrogen and oxygen atoms in total. The number of nitrogens with zero attached hydrogens (tertiary/aromatic N) is 1. The minimum absolute atomic E-state index is 0.0186. The van der Waals surface area contributed by atoms with Crippen LogP contribution in [0.3, 0.4) is 0 Å². The minimum atomic E-state index is -3.85. The molecule has 146 valence electrons. The summed E-state index contributed by atoms with van der Waals surface area (Å²) in [6, 6.07) is 20.5. The zero-order valence-electron chi connectivity index (χ0n) is 14.8. The van der Waals surface area contributed by atoms with Crippen molar-refractivity contribution >= 4 is 47.4 Å². The smallest absolute Gasteiger partial charge is 0.264 e. The zero-order valence-corrected chi connectivity index (χ0v) is 18.0. The Bertz CT molecular complexity index is 1180. The predicted octanol–water partition coefficient (Wildman–Crippen LogP) is 4.08. The molecule has 0 spiro atoms. The fourth-order valence-electron chi connectivity index (χ4n) is 2.48. The van der Waals surface area contributed by atoms with Crippen molar-refractivity contribution in [2.75, 3.05) is 16.1 Å². The number of para-hydroxylation sites is 1. The van der Waals surface area contributed by atoms with Crippen LogP contribution < -0.4 is 9.03 Å². The summed E-state index contributed by atoms with van der Waals surface area (Å²) >= 11 is 3.26. The van der Waals surface area contributed by atoms with Crippen LogP contribution in [0.4, 0.5) is 11.4 Å². The molecule has 3 aromatic rings. The number of hydrogen-bond acceptors (Lipinski definition) is 4. The Morgan fingerprint density at radius 2 is 1.43 bits per heavy atom. The molecular weight excluding hydrogens is 464 g/mol. The number of nitrogens with one attached hydrogen (secondary N) is 1. The number of rotatable bonds is 6. The number of hydrogen-bond donors (Lipinski definition) is 1. The van der Waals surface area contributed by atoms with Crippen LogP contribution in [0.25, 0.3) is 0 Å². The van der Waals surface area contributed by atoms with Crippen LogP contribution in [0, 0.1) is 0 Å². The Balaban J connectivity index is 1.91. The highest BCUT2D eigenvalue weighted by Crippen LogP contribution is 2.25. The summed E-state index contributed by atoms with van der Waals surface area (Å²) in [4.78, 5) is 0.0558. The van der Waals surface area contributed by atoms with Crippen LogP contribution in [-0.4, -0.2) is 23.9 Å². The van der Waals surface area contributed by atoms with Crippen LogP contribution in [0.2, 0.25) is 0 Å². The van der Waals surface area contributed by atoms with Crippen LogP contribution in [0.15, 0.2) is 93.1 Å². The van der Waals surface area contributed by atoms with Gasteiger partial charge in [0.2, 0.25) is 0 Å². The van der Waals surface area contributed by atoms with Crippen molar-refractivity contribution in [3.05, 3.63) is 83.3 Å². The summed E-state index contributed by atoms with van der Waals surface area (Å²) in [5.41, 5.74) is 0.661. The van der Waals surface area contributed by atoms with Gasteiger partial charge >= 0.3 is 0 Å². The first-order chi connectivity index (χ1) is 13.2. The largest absolute Gasteiger partial charge is 0.280 e. The maximum Gasteiger partial charge on any atom is 0.264 e. The van der Waals surface area contributed by atoms with E-state index >= 15 is 0 Å². The van der Waals surface area contributed by atoms with Crippen molar-refractivity contribution < 1.29 is 16.8 Å². The van der Waals surface area contributed by atoms with Gasteiger partial charge in [-0.25, -0.2) is 16.8 Å². The first-order valence-corrected chi connectivity index (χ1v) is 11.8. The van der Waals surface area contributed by atoms with Crippen molar-refractivity contribution in [3.63, 3.8) is 0 Å². The summed E-state index contributed by atoms with van der Waals surface area (Å²) < 4.78 is 55.2. The molecule has 0 saturated heterocycles. The van der Waals surface area contributed by atoms with Gasteiger partial charge in [-0.2, -0.15) is 0 Å². The van der Waals surface area contributed by atoms with Gasteiger partial charge in [0.1, 0.15) is 0 Å². The van der Waals surface area contributed by atoms with Crippen molar-refractivity contribution in [2.24, 2.45) is 0 Å². The monoisotopic (exact) mass is 480 g/mol. The summed E-state index contributed by atoms with van der Waals surface area (Å²) in [7, 11) is -6.24. The highest BCUT2D eigenvalue weighted by molar-refractivity contribution is 9.10. The van der Waals surface area contributed by atoms with E-state index in [1.165, 1.54) is 43.4 Å². The number of anilines is 2. The minimum Gasteiger partial charge on any atom is -0.280 e. The lowest BCUT2D eigenvalue weighted by Crippen LogP contribution is -2.26. The SMILES string of the molecule is CN(c1ccccc1)S(=O)(=O)c1cccc(NS(=O)(=O)c2ccc(Br)cc2)c1. The Hall–Kier alpha value is -2.36. The molecule has 0 saturated carbocycles. The van der Waals surface area contributed by atoms with Gasteiger partial charge in [-0.1, -0.05) is 40.2 Å². The average molecular weight is 481 g/mol. The molecule has 3 rings (SSSR count). The van der Waals surface area contributed by atoms with Gasteiger partial charge in [-0.15, -0.1) is 0 Å². The molecular formula is C19H17BrN2O4S2. The van der Waals surface area contributed by atoms with E-state index in [9.17, 15) is 16.8 Å². The molecule has 0 amide bonds.